The van der Waals surface area contributed by atoms with Gasteiger partial charge in [0.15, 0.2) is 0 Å². The molecule has 0 atom stereocenters. The summed E-state index contributed by atoms with van der Waals surface area (Å²) in [5.74, 6) is 0. The van der Waals surface area contributed by atoms with E-state index in [0.29, 0.717) is 6.10 Å². The zero-order valence-corrected chi connectivity index (χ0v) is 7.64. The molecular weight excluding hydrogens is 203 g/mol. The number of hydrogen-bond acceptors (Lipinski definition) is 1. The van der Waals surface area contributed by atoms with Gasteiger partial charge in [-0.2, -0.15) is 0 Å². The lowest BCUT2D eigenvalue weighted by molar-refractivity contribution is 0.335. The Morgan fingerprint density at radius 1 is 1.50 bits per heavy atom. The van der Waals surface area contributed by atoms with E-state index in [0.717, 1.165) is 0 Å². The first-order chi connectivity index (χ1) is 2.27. The van der Waals surface area contributed by atoms with Crippen LogP contribution in [0.1, 0.15) is 13.8 Å². The summed E-state index contributed by atoms with van der Waals surface area (Å²) >= 11 is 1.88. The van der Waals surface area contributed by atoms with Crippen molar-refractivity contribution in [1.82, 2.24) is 0 Å². The van der Waals surface area contributed by atoms with E-state index in [1.54, 1.807) is 0 Å². The lowest BCUT2D eigenvalue weighted by Crippen LogP contribution is -1.88. The van der Waals surface area contributed by atoms with Crippen LogP contribution in [0.2, 0.25) is 0 Å². The summed E-state index contributed by atoms with van der Waals surface area (Å²) in [7, 11) is 0. The molecule has 0 aromatic carbocycles. The van der Waals surface area contributed by atoms with Crippen molar-refractivity contribution in [2.45, 2.75) is 20.0 Å². The van der Waals surface area contributed by atoms with Crippen LogP contribution in [0.4, 0.5) is 0 Å². The first kappa shape index (κ1) is 10.4. The molecule has 0 aromatic heterocycles. The molecule has 0 saturated carbocycles. The lowest BCUT2D eigenvalue weighted by Gasteiger charge is -1.91. The minimum absolute atomic E-state index is 0. The molecule has 2 radical (unpaired) electrons. The summed E-state index contributed by atoms with van der Waals surface area (Å²) in [6.45, 7) is 3.98. The summed E-state index contributed by atoms with van der Waals surface area (Å²) in [6, 6.07) is 0. The molecule has 0 heterocycles. The minimum atomic E-state index is 0. The highest BCUT2D eigenvalue weighted by molar-refractivity contribution is 14.1. The average Bonchev–Trinajstić information content (AvgIpc) is 1.38. The maximum atomic E-state index is 4.72. The minimum Gasteiger partial charge on any atom is -0.313 e. The first-order valence-corrected chi connectivity index (χ1v) is 2.43. The fourth-order valence-corrected chi connectivity index (χ4v) is 0. The van der Waals surface area contributed by atoms with Crippen molar-refractivity contribution < 1.29 is 3.07 Å². The van der Waals surface area contributed by atoms with E-state index in [1.807, 2.05) is 36.9 Å². The van der Waals surface area contributed by atoms with Crippen molar-refractivity contribution in [2.24, 2.45) is 0 Å². The van der Waals surface area contributed by atoms with Gasteiger partial charge < -0.3 is 3.07 Å². The molecule has 0 rings (SSSR count). The van der Waals surface area contributed by atoms with Gasteiger partial charge in [0.05, 0.1) is 6.10 Å². The molecule has 0 spiro atoms. The second kappa shape index (κ2) is 6.46. The molecule has 3 heteroatoms. The van der Waals surface area contributed by atoms with Crippen molar-refractivity contribution in [3.8, 4) is 0 Å². The van der Waals surface area contributed by atoms with Crippen LogP contribution in [0.3, 0.4) is 0 Å². The Morgan fingerprint density at radius 2 is 1.67 bits per heavy atom. The van der Waals surface area contributed by atoms with E-state index in [1.165, 1.54) is 0 Å². The van der Waals surface area contributed by atoms with Gasteiger partial charge in [-0.05, 0) is 13.8 Å². The molecule has 0 saturated heterocycles. The standard InChI is InChI=1S/C3H7IO.Mg/c1-3(2)5-4;/h3H,1-2H3;. The molecule has 34 valence electrons. The molecule has 0 amide bonds. The van der Waals surface area contributed by atoms with Gasteiger partial charge >= 0.3 is 0 Å². The third-order valence-corrected chi connectivity index (χ3v) is 1.20. The van der Waals surface area contributed by atoms with E-state index >= 15 is 0 Å². The van der Waals surface area contributed by atoms with Gasteiger partial charge in [-0.25, -0.2) is 0 Å². The molecule has 0 aliphatic rings. The Labute approximate surface area is 68.7 Å². The Morgan fingerprint density at radius 3 is 1.67 bits per heavy atom. The molecule has 0 bridgehead atoms. The number of hydrogen-bond donors (Lipinski definition) is 0. The summed E-state index contributed by atoms with van der Waals surface area (Å²) in [4.78, 5) is 0. The van der Waals surface area contributed by atoms with Gasteiger partial charge in [0.1, 0.15) is 23.0 Å². The largest absolute Gasteiger partial charge is 0.313 e. The second-order valence-corrected chi connectivity index (χ2v) is 1.65. The molecule has 1 nitrogen and oxygen atoms in total. The van der Waals surface area contributed by atoms with Crippen molar-refractivity contribution >= 4 is 46.1 Å². The lowest BCUT2D eigenvalue weighted by atomic mass is 10.5. The number of rotatable bonds is 1. The van der Waals surface area contributed by atoms with Crippen LogP contribution in [0.15, 0.2) is 0 Å². The number of halogens is 1. The third-order valence-electron chi connectivity index (χ3n) is 0.178. The molecule has 0 aliphatic carbocycles. The van der Waals surface area contributed by atoms with Crippen LogP contribution >= 0.6 is 23.0 Å². The third kappa shape index (κ3) is 9.07. The topological polar surface area (TPSA) is 9.23 Å². The van der Waals surface area contributed by atoms with Gasteiger partial charge in [-0.3, -0.25) is 0 Å². The summed E-state index contributed by atoms with van der Waals surface area (Å²) in [5, 5.41) is 0. The maximum Gasteiger partial charge on any atom is 0.109 e. The zero-order valence-electron chi connectivity index (χ0n) is 4.07. The molecule has 6 heavy (non-hydrogen) atoms. The summed E-state index contributed by atoms with van der Waals surface area (Å²) < 4.78 is 4.72. The SMILES string of the molecule is CC(C)OI.[Mg]. The molecular formula is C3H7IMgO. The zero-order chi connectivity index (χ0) is 4.28. The van der Waals surface area contributed by atoms with E-state index < -0.39 is 0 Å². The molecule has 0 fully saturated rings. The fourth-order valence-electron chi connectivity index (χ4n) is 0. The second-order valence-electron chi connectivity index (χ2n) is 1.14. The molecule has 0 N–H and O–H groups in total. The van der Waals surface area contributed by atoms with Crippen LogP contribution in [0.25, 0.3) is 0 Å². The smallest absolute Gasteiger partial charge is 0.109 e. The van der Waals surface area contributed by atoms with Gasteiger partial charge in [-0.1, -0.05) is 0 Å². The van der Waals surface area contributed by atoms with E-state index in [-0.39, 0.29) is 23.1 Å². The van der Waals surface area contributed by atoms with Crippen LogP contribution < -0.4 is 0 Å². The van der Waals surface area contributed by atoms with Crippen molar-refractivity contribution in [3.05, 3.63) is 0 Å². The first-order valence-electron chi connectivity index (χ1n) is 1.54. The van der Waals surface area contributed by atoms with Gasteiger partial charge in [0, 0.05) is 23.1 Å². The summed E-state index contributed by atoms with van der Waals surface area (Å²) in [5.41, 5.74) is 0. The van der Waals surface area contributed by atoms with Crippen LogP contribution in [0, 0.1) is 0 Å². The summed E-state index contributed by atoms with van der Waals surface area (Å²) in [6.07, 6.45) is 0.371. The highest BCUT2D eigenvalue weighted by Crippen LogP contribution is 1.92. The highest BCUT2D eigenvalue weighted by Gasteiger charge is 1.81. The molecule has 0 aromatic rings. The van der Waals surface area contributed by atoms with Crippen molar-refractivity contribution in [2.75, 3.05) is 0 Å². The normalized spacial score (nSPS) is 8.00. The van der Waals surface area contributed by atoms with Crippen LogP contribution in [-0.4, -0.2) is 29.2 Å². The van der Waals surface area contributed by atoms with Gasteiger partial charge in [0.25, 0.3) is 0 Å². The molecule has 0 unspecified atom stereocenters. The maximum absolute atomic E-state index is 4.72. The Bertz CT molecular complexity index is 24.8. The van der Waals surface area contributed by atoms with Crippen molar-refractivity contribution in [3.63, 3.8) is 0 Å². The van der Waals surface area contributed by atoms with Crippen LogP contribution in [-0.2, 0) is 3.07 Å². The van der Waals surface area contributed by atoms with E-state index in [2.05, 4.69) is 0 Å². The quantitative estimate of drug-likeness (QED) is 0.469. The Hall–Kier alpha value is 1.46. The van der Waals surface area contributed by atoms with Gasteiger partial charge in [0.2, 0.25) is 0 Å². The predicted octanol–water partition coefficient (Wildman–Crippen LogP) is 1.38. The molecule has 0 aliphatic heterocycles. The van der Waals surface area contributed by atoms with Crippen LogP contribution in [0.5, 0.6) is 0 Å². The van der Waals surface area contributed by atoms with Crippen molar-refractivity contribution in [1.29, 1.82) is 0 Å². The highest BCUT2D eigenvalue weighted by atomic mass is 127. The fraction of sp³-hybridized carbons (Fsp3) is 1.00. The van der Waals surface area contributed by atoms with Gasteiger partial charge in [-0.15, -0.1) is 0 Å². The predicted molar refractivity (Wildman–Crippen MR) is 36.0 cm³/mol. The monoisotopic (exact) mass is 210 g/mol. The Balaban J connectivity index is 0. The van der Waals surface area contributed by atoms with E-state index in [9.17, 15) is 0 Å². The van der Waals surface area contributed by atoms with E-state index in [4.69, 9.17) is 3.07 Å². The Kier molecular flexibility index (Phi) is 11.2. The average molecular weight is 210 g/mol.